The van der Waals surface area contributed by atoms with Crippen LogP contribution in [0.1, 0.15) is 21.4 Å². The number of thiophene rings is 2. The molecule has 0 unspecified atom stereocenters. The van der Waals surface area contributed by atoms with Crippen LogP contribution < -0.4 is 14.8 Å². The molecule has 4 heterocycles. The molecule has 0 aliphatic carbocycles. The topological polar surface area (TPSA) is 50.8 Å². The molecule has 1 aromatic carbocycles. The Morgan fingerprint density at radius 1 is 1.11 bits per heavy atom. The molecule has 5 rings (SSSR count). The Kier molecular flexibility index (Phi) is 4.80. The predicted molar refractivity (Wildman–Crippen MR) is 112 cm³/mol. The van der Waals surface area contributed by atoms with E-state index >= 15 is 0 Å². The van der Waals surface area contributed by atoms with Gasteiger partial charge in [0.1, 0.15) is 13.2 Å². The number of benzene rings is 1. The van der Waals surface area contributed by atoms with Crippen LogP contribution in [-0.4, -0.2) is 37.1 Å². The van der Waals surface area contributed by atoms with Gasteiger partial charge in [-0.3, -0.25) is 9.69 Å². The fourth-order valence-electron chi connectivity index (χ4n) is 3.82. The maximum Gasteiger partial charge on any atom is 0.238 e. The lowest BCUT2D eigenvalue weighted by molar-refractivity contribution is -0.117. The van der Waals surface area contributed by atoms with Gasteiger partial charge in [-0.05, 0) is 47.0 Å². The largest absolute Gasteiger partial charge is 0.486 e. The van der Waals surface area contributed by atoms with Gasteiger partial charge in [-0.2, -0.15) is 0 Å². The van der Waals surface area contributed by atoms with Gasteiger partial charge in [0.25, 0.3) is 0 Å². The lowest BCUT2D eigenvalue weighted by atomic mass is 9.98. The van der Waals surface area contributed by atoms with Crippen LogP contribution in [0.3, 0.4) is 0 Å². The molecule has 0 radical (unpaired) electrons. The summed E-state index contributed by atoms with van der Waals surface area (Å²) in [5.74, 6) is 1.39. The third-order valence-corrected chi connectivity index (χ3v) is 6.97. The van der Waals surface area contributed by atoms with Gasteiger partial charge in [-0.25, -0.2) is 0 Å². The third-order valence-electron chi connectivity index (χ3n) is 5.05. The number of fused-ring (bicyclic) bond motifs is 2. The summed E-state index contributed by atoms with van der Waals surface area (Å²) in [6.45, 7) is 2.32. The van der Waals surface area contributed by atoms with Crippen LogP contribution in [0.2, 0.25) is 0 Å². The molecule has 2 aliphatic rings. The maximum atomic E-state index is 12.8. The lowest BCUT2D eigenvalue weighted by Gasteiger charge is -2.34. The minimum Gasteiger partial charge on any atom is -0.486 e. The second-order valence-electron chi connectivity index (χ2n) is 6.84. The summed E-state index contributed by atoms with van der Waals surface area (Å²) < 4.78 is 11.1. The Labute approximate surface area is 171 Å². The van der Waals surface area contributed by atoms with Crippen molar-refractivity contribution in [2.24, 2.45) is 0 Å². The van der Waals surface area contributed by atoms with Crippen LogP contribution >= 0.6 is 22.7 Å². The van der Waals surface area contributed by atoms with Crippen molar-refractivity contribution in [1.82, 2.24) is 4.90 Å². The Morgan fingerprint density at radius 2 is 2.00 bits per heavy atom. The van der Waals surface area contributed by atoms with E-state index < -0.39 is 0 Å². The molecule has 144 valence electrons. The highest BCUT2D eigenvalue weighted by molar-refractivity contribution is 7.10. The van der Waals surface area contributed by atoms with Crippen LogP contribution in [0.25, 0.3) is 0 Å². The second kappa shape index (κ2) is 7.58. The van der Waals surface area contributed by atoms with E-state index in [9.17, 15) is 4.79 Å². The quantitative estimate of drug-likeness (QED) is 0.699. The highest BCUT2D eigenvalue weighted by Crippen LogP contribution is 2.39. The molecule has 3 aromatic rings. The van der Waals surface area contributed by atoms with Gasteiger partial charge < -0.3 is 14.8 Å². The summed E-state index contributed by atoms with van der Waals surface area (Å²) in [5, 5.41) is 7.27. The van der Waals surface area contributed by atoms with Crippen LogP contribution in [0.5, 0.6) is 11.5 Å². The SMILES string of the molecule is O=C(CN1CCc2sccc2[C@@H]1c1cccs1)Nc1ccc2c(c1)OCCO2. The lowest BCUT2D eigenvalue weighted by Crippen LogP contribution is -2.40. The Bertz CT molecular complexity index is 983. The van der Waals surface area contributed by atoms with Crippen LogP contribution in [0.15, 0.2) is 47.2 Å². The molecule has 1 N–H and O–H groups in total. The molecular formula is C21H20N2O3S2. The molecule has 0 saturated carbocycles. The van der Waals surface area contributed by atoms with Crippen molar-refractivity contribution in [2.45, 2.75) is 12.5 Å². The van der Waals surface area contributed by atoms with E-state index in [1.54, 1.807) is 11.3 Å². The molecule has 28 heavy (non-hydrogen) atoms. The zero-order valence-electron chi connectivity index (χ0n) is 15.2. The van der Waals surface area contributed by atoms with Crippen molar-refractivity contribution >= 4 is 34.3 Å². The first kappa shape index (κ1) is 17.7. The van der Waals surface area contributed by atoms with Crippen LogP contribution in [-0.2, 0) is 11.2 Å². The number of carbonyl (C=O) groups is 1. The molecule has 0 saturated heterocycles. The first-order valence-electron chi connectivity index (χ1n) is 9.31. The number of amides is 1. The van der Waals surface area contributed by atoms with E-state index in [1.807, 2.05) is 29.5 Å². The molecular weight excluding hydrogens is 392 g/mol. The highest BCUT2D eigenvalue weighted by Gasteiger charge is 2.31. The zero-order valence-corrected chi connectivity index (χ0v) is 16.9. The molecule has 0 bridgehead atoms. The number of carbonyl (C=O) groups excluding carboxylic acids is 1. The molecule has 7 heteroatoms. The molecule has 5 nitrogen and oxygen atoms in total. The minimum absolute atomic E-state index is 0.0167. The summed E-state index contributed by atoms with van der Waals surface area (Å²) in [7, 11) is 0. The van der Waals surface area contributed by atoms with Crippen molar-refractivity contribution in [1.29, 1.82) is 0 Å². The van der Waals surface area contributed by atoms with Crippen LogP contribution in [0.4, 0.5) is 5.69 Å². The van der Waals surface area contributed by atoms with Gasteiger partial charge in [-0.1, -0.05) is 6.07 Å². The van der Waals surface area contributed by atoms with Gasteiger partial charge >= 0.3 is 0 Å². The Hall–Kier alpha value is -2.35. The number of anilines is 1. The van der Waals surface area contributed by atoms with Crippen molar-refractivity contribution in [3.8, 4) is 11.5 Å². The molecule has 1 amide bonds. The van der Waals surface area contributed by atoms with E-state index in [-0.39, 0.29) is 11.9 Å². The van der Waals surface area contributed by atoms with Gasteiger partial charge in [-0.15, -0.1) is 22.7 Å². The molecule has 2 aliphatic heterocycles. The van der Waals surface area contributed by atoms with Gasteiger partial charge in [0, 0.05) is 28.1 Å². The van der Waals surface area contributed by atoms with E-state index in [0.717, 1.165) is 24.4 Å². The first-order valence-corrected chi connectivity index (χ1v) is 11.1. The Balaban J connectivity index is 1.33. The van der Waals surface area contributed by atoms with Crippen LogP contribution in [0, 0.1) is 0 Å². The normalized spacial score (nSPS) is 18.5. The number of hydrogen-bond donors (Lipinski definition) is 1. The van der Waals surface area contributed by atoms with Crippen molar-refractivity contribution < 1.29 is 14.3 Å². The van der Waals surface area contributed by atoms with E-state index in [1.165, 1.54) is 15.3 Å². The molecule has 0 fully saturated rings. The summed E-state index contributed by atoms with van der Waals surface area (Å²) in [5.41, 5.74) is 2.07. The van der Waals surface area contributed by atoms with Crippen molar-refractivity contribution in [3.05, 3.63) is 62.5 Å². The molecule has 2 aromatic heterocycles. The Morgan fingerprint density at radius 3 is 2.86 bits per heavy atom. The van der Waals surface area contributed by atoms with Gasteiger partial charge in [0.05, 0.1) is 12.6 Å². The highest BCUT2D eigenvalue weighted by atomic mass is 32.1. The molecule has 1 atom stereocenters. The fraction of sp³-hybridized carbons (Fsp3) is 0.286. The number of nitrogens with one attached hydrogen (secondary N) is 1. The number of nitrogens with zero attached hydrogens (tertiary/aromatic N) is 1. The zero-order chi connectivity index (χ0) is 18.9. The van der Waals surface area contributed by atoms with Crippen molar-refractivity contribution in [2.75, 3.05) is 31.6 Å². The third kappa shape index (κ3) is 3.41. The summed E-state index contributed by atoms with van der Waals surface area (Å²) in [6.07, 6.45) is 0.992. The monoisotopic (exact) mass is 412 g/mol. The average molecular weight is 413 g/mol. The summed E-state index contributed by atoms with van der Waals surface area (Å²) >= 11 is 3.56. The average Bonchev–Trinajstić information content (AvgIpc) is 3.39. The van der Waals surface area contributed by atoms with E-state index in [2.05, 4.69) is 39.2 Å². The van der Waals surface area contributed by atoms with Crippen molar-refractivity contribution in [3.63, 3.8) is 0 Å². The van der Waals surface area contributed by atoms with Gasteiger partial charge in [0.2, 0.25) is 5.91 Å². The summed E-state index contributed by atoms with van der Waals surface area (Å²) in [4.78, 5) is 17.8. The summed E-state index contributed by atoms with van der Waals surface area (Å²) in [6, 6.07) is 12.1. The number of rotatable bonds is 4. The second-order valence-corrected chi connectivity index (χ2v) is 8.82. The number of hydrogen-bond acceptors (Lipinski definition) is 6. The maximum absolute atomic E-state index is 12.8. The minimum atomic E-state index is -0.0167. The van der Waals surface area contributed by atoms with Gasteiger partial charge in [0.15, 0.2) is 11.5 Å². The predicted octanol–water partition coefficient (Wildman–Crippen LogP) is 4.17. The molecule has 0 spiro atoms. The standard InChI is InChI=1S/C21H20N2O3S2/c24-20(22-14-3-4-16-17(12-14)26-9-8-25-16)13-23-7-5-18-15(6-11-28-18)21(23)19-2-1-10-27-19/h1-4,6,10-12,21H,5,7-9,13H2,(H,22,24)/t21-/m1/s1. The number of ether oxygens (including phenoxy) is 2. The smallest absolute Gasteiger partial charge is 0.238 e. The van der Waals surface area contributed by atoms with E-state index in [4.69, 9.17) is 9.47 Å². The van der Waals surface area contributed by atoms with E-state index in [0.29, 0.717) is 25.5 Å². The fourth-order valence-corrected chi connectivity index (χ4v) is 5.60. The first-order chi connectivity index (χ1) is 13.8.